The Bertz CT molecular complexity index is 334. The molecule has 0 saturated heterocycles. The quantitative estimate of drug-likeness (QED) is 0.661. The molecule has 0 aromatic carbocycles. The van der Waals surface area contributed by atoms with Crippen LogP contribution in [0.2, 0.25) is 5.15 Å². The van der Waals surface area contributed by atoms with E-state index in [-0.39, 0.29) is 18.1 Å². The van der Waals surface area contributed by atoms with Gasteiger partial charge in [-0.15, -0.1) is 0 Å². The third-order valence-corrected chi connectivity index (χ3v) is 1.94. The average molecular weight is 254 g/mol. The summed E-state index contributed by atoms with van der Waals surface area (Å²) < 4.78 is 35.5. The molecular weight excluding hydrogens is 243 g/mol. The van der Waals surface area contributed by atoms with Crippen LogP contribution in [0.3, 0.4) is 0 Å². The van der Waals surface area contributed by atoms with Crippen LogP contribution in [-0.4, -0.2) is 22.7 Å². The van der Waals surface area contributed by atoms with E-state index in [1.165, 1.54) is 6.07 Å². The number of hydrogen-bond acceptors (Lipinski definition) is 3. The molecule has 0 aliphatic rings. The Morgan fingerprint density at radius 1 is 1.38 bits per heavy atom. The minimum Gasteiger partial charge on any atom is -0.370 e. The van der Waals surface area contributed by atoms with Crippen LogP contribution in [0.15, 0.2) is 6.07 Å². The van der Waals surface area contributed by atoms with Crippen LogP contribution in [-0.2, 0) is 0 Å². The Morgan fingerprint density at radius 3 is 2.62 bits per heavy atom. The molecule has 1 aromatic rings. The molecule has 0 aliphatic carbocycles. The molecule has 0 saturated carbocycles. The molecule has 1 aromatic heterocycles. The Morgan fingerprint density at radius 2 is 2.06 bits per heavy atom. The predicted octanol–water partition coefficient (Wildman–Crippen LogP) is 3.19. The number of nitrogens with zero attached hydrogens (tertiary/aromatic N) is 2. The number of hydrogen-bond donors (Lipinski definition) is 1. The van der Waals surface area contributed by atoms with E-state index in [9.17, 15) is 13.2 Å². The second-order valence-corrected chi connectivity index (χ2v) is 3.66. The van der Waals surface area contributed by atoms with Crippen molar-refractivity contribution in [1.29, 1.82) is 0 Å². The van der Waals surface area contributed by atoms with E-state index in [4.69, 9.17) is 11.6 Å². The minimum absolute atomic E-state index is 0.00414. The highest BCUT2D eigenvalue weighted by molar-refractivity contribution is 6.29. The molecule has 7 heteroatoms. The normalized spacial score (nSPS) is 11.6. The summed E-state index contributed by atoms with van der Waals surface area (Å²) in [5.41, 5.74) is 0. The standard InChI is InChI=1S/C9H11ClF3N3/c1-6-15-7(10)5-8(16-6)14-4-2-3-9(11,12)13/h5H,2-4H2,1H3,(H,14,15,16). The van der Waals surface area contributed by atoms with E-state index >= 15 is 0 Å². The number of rotatable bonds is 4. The lowest BCUT2D eigenvalue weighted by atomic mass is 10.3. The van der Waals surface area contributed by atoms with Gasteiger partial charge in [0.25, 0.3) is 0 Å². The van der Waals surface area contributed by atoms with Gasteiger partial charge in [-0.2, -0.15) is 13.2 Å². The molecule has 1 rings (SSSR count). The first-order valence-corrected chi connectivity index (χ1v) is 5.06. The lowest BCUT2D eigenvalue weighted by Crippen LogP contribution is -2.11. The van der Waals surface area contributed by atoms with Gasteiger partial charge in [0.2, 0.25) is 0 Å². The van der Waals surface area contributed by atoms with Crippen molar-refractivity contribution < 1.29 is 13.2 Å². The van der Waals surface area contributed by atoms with Crippen LogP contribution in [0, 0.1) is 6.92 Å². The van der Waals surface area contributed by atoms with Crippen LogP contribution in [0.1, 0.15) is 18.7 Å². The summed E-state index contributed by atoms with van der Waals surface area (Å²) in [6, 6.07) is 1.47. The van der Waals surface area contributed by atoms with Gasteiger partial charge in [-0.1, -0.05) is 11.6 Å². The van der Waals surface area contributed by atoms with Crippen LogP contribution in [0.4, 0.5) is 19.0 Å². The fraction of sp³-hybridized carbons (Fsp3) is 0.556. The summed E-state index contributed by atoms with van der Waals surface area (Å²) >= 11 is 5.66. The van der Waals surface area contributed by atoms with Crippen molar-refractivity contribution in [2.45, 2.75) is 25.9 Å². The summed E-state index contributed by atoms with van der Waals surface area (Å²) in [6.45, 7) is 1.86. The summed E-state index contributed by atoms with van der Waals surface area (Å²) in [6.07, 6.45) is -4.91. The number of anilines is 1. The molecule has 1 heterocycles. The van der Waals surface area contributed by atoms with E-state index in [1.54, 1.807) is 6.92 Å². The fourth-order valence-corrected chi connectivity index (χ4v) is 1.35. The maximum Gasteiger partial charge on any atom is 0.389 e. The largest absolute Gasteiger partial charge is 0.389 e. The van der Waals surface area contributed by atoms with Gasteiger partial charge in [0.15, 0.2) is 0 Å². The molecule has 0 bridgehead atoms. The van der Waals surface area contributed by atoms with Crippen LogP contribution in [0.5, 0.6) is 0 Å². The lowest BCUT2D eigenvalue weighted by molar-refractivity contribution is -0.134. The predicted molar refractivity (Wildman–Crippen MR) is 55.6 cm³/mol. The van der Waals surface area contributed by atoms with E-state index in [1.807, 2.05) is 0 Å². The lowest BCUT2D eigenvalue weighted by Gasteiger charge is -2.08. The van der Waals surface area contributed by atoms with Gasteiger partial charge < -0.3 is 5.32 Å². The van der Waals surface area contributed by atoms with Crippen LogP contribution < -0.4 is 5.32 Å². The summed E-state index contributed by atoms with van der Waals surface area (Å²) in [5, 5.41) is 3.03. The van der Waals surface area contributed by atoms with Gasteiger partial charge in [0, 0.05) is 19.0 Å². The third kappa shape index (κ3) is 5.16. The first-order valence-electron chi connectivity index (χ1n) is 4.68. The Balaban J connectivity index is 2.37. The van der Waals surface area contributed by atoms with Crippen molar-refractivity contribution in [3.05, 3.63) is 17.0 Å². The second kappa shape index (κ2) is 5.34. The maximum atomic E-state index is 11.8. The smallest absolute Gasteiger partial charge is 0.370 e. The fourth-order valence-electron chi connectivity index (χ4n) is 1.13. The van der Waals surface area contributed by atoms with E-state index in [0.717, 1.165) is 0 Å². The van der Waals surface area contributed by atoms with Gasteiger partial charge in [-0.25, -0.2) is 9.97 Å². The van der Waals surface area contributed by atoms with E-state index < -0.39 is 12.6 Å². The number of aromatic nitrogens is 2. The van der Waals surface area contributed by atoms with Gasteiger partial charge in [-0.05, 0) is 13.3 Å². The maximum absolute atomic E-state index is 11.8. The highest BCUT2D eigenvalue weighted by Crippen LogP contribution is 2.21. The van der Waals surface area contributed by atoms with E-state index in [0.29, 0.717) is 11.6 Å². The van der Waals surface area contributed by atoms with E-state index in [2.05, 4.69) is 15.3 Å². The summed E-state index contributed by atoms with van der Waals surface area (Å²) in [7, 11) is 0. The first-order chi connectivity index (χ1) is 7.37. The summed E-state index contributed by atoms with van der Waals surface area (Å²) in [4.78, 5) is 7.82. The molecule has 0 atom stereocenters. The molecule has 0 unspecified atom stereocenters. The molecule has 0 aliphatic heterocycles. The zero-order valence-electron chi connectivity index (χ0n) is 8.60. The molecule has 0 radical (unpaired) electrons. The molecule has 0 fully saturated rings. The topological polar surface area (TPSA) is 37.8 Å². The highest BCUT2D eigenvalue weighted by Gasteiger charge is 2.25. The van der Waals surface area contributed by atoms with Crippen molar-refractivity contribution in [2.24, 2.45) is 0 Å². The molecule has 1 N–H and O–H groups in total. The van der Waals surface area contributed by atoms with Crippen molar-refractivity contribution >= 4 is 17.4 Å². The number of nitrogens with one attached hydrogen (secondary N) is 1. The SMILES string of the molecule is Cc1nc(Cl)cc(NCCCC(F)(F)F)n1. The Labute approximate surface area is 96.0 Å². The van der Waals surface area contributed by atoms with Crippen LogP contribution >= 0.6 is 11.6 Å². The van der Waals surface area contributed by atoms with Crippen LogP contribution in [0.25, 0.3) is 0 Å². The third-order valence-electron chi connectivity index (χ3n) is 1.75. The number of alkyl halides is 3. The molecule has 0 amide bonds. The molecule has 0 spiro atoms. The Hall–Kier alpha value is -1.04. The monoisotopic (exact) mass is 253 g/mol. The van der Waals surface area contributed by atoms with Gasteiger partial charge in [-0.3, -0.25) is 0 Å². The molecule has 90 valence electrons. The van der Waals surface area contributed by atoms with Gasteiger partial charge in [0.1, 0.15) is 16.8 Å². The number of aryl methyl sites for hydroxylation is 1. The zero-order chi connectivity index (χ0) is 12.2. The van der Waals surface area contributed by atoms with Crippen molar-refractivity contribution in [2.75, 3.05) is 11.9 Å². The zero-order valence-corrected chi connectivity index (χ0v) is 9.36. The molecule has 16 heavy (non-hydrogen) atoms. The minimum atomic E-state index is -4.11. The summed E-state index contributed by atoms with van der Waals surface area (Å²) in [5.74, 6) is 0.922. The first kappa shape index (κ1) is 13.0. The average Bonchev–Trinajstić information content (AvgIpc) is 2.09. The van der Waals surface area contributed by atoms with Gasteiger partial charge >= 0.3 is 6.18 Å². The van der Waals surface area contributed by atoms with Crippen molar-refractivity contribution in [3.8, 4) is 0 Å². The van der Waals surface area contributed by atoms with Gasteiger partial charge in [0.05, 0.1) is 0 Å². The second-order valence-electron chi connectivity index (χ2n) is 3.27. The molecular formula is C9H11ClF3N3. The van der Waals surface area contributed by atoms with Crippen molar-refractivity contribution in [3.63, 3.8) is 0 Å². The highest BCUT2D eigenvalue weighted by atomic mass is 35.5. The number of halogens is 4. The molecule has 3 nitrogen and oxygen atoms in total. The van der Waals surface area contributed by atoms with Crippen molar-refractivity contribution in [1.82, 2.24) is 9.97 Å². The Kier molecular flexibility index (Phi) is 4.35.